The van der Waals surface area contributed by atoms with Crippen molar-refractivity contribution in [3.05, 3.63) is 12.2 Å². The average Bonchev–Trinajstić information content (AvgIpc) is 2.47. The maximum absolute atomic E-state index is 3.48. The molecule has 12 heavy (non-hydrogen) atoms. The summed E-state index contributed by atoms with van der Waals surface area (Å²) in [5, 5.41) is 3.48. The molecule has 0 amide bonds. The molecule has 0 spiro atoms. The fourth-order valence-corrected chi connectivity index (χ4v) is 1.98. The third-order valence-electron chi connectivity index (χ3n) is 2.86. The molecule has 0 aromatic heterocycles. The maximum Gasteiger partial charge on any atom is 0.0135 e. The summed E-state index contributed by atoms with van der Waals surface area (Å²) in [4.78, 5) is 0. The van der Waals surface area contributed by atoms with Gasteiger partial charge < -0.3 is 5.32 Å². The van der Waals surface area contributed by atoms with Crippen molar-refractivity contribution in [2.45, 2.75) is 39.5 Å². The molecule has 0 radical (unpaired) electrons. The van der Waals surface area contributed by atoms with Gasteiger partial charge in [-0.1, -0.05) is 31.9 Å². The van der Waals surface area contributed by atoms with Crippen molar-refractivity contribution in [1.29, 1.82) is 0 Å². The highest BCUT2D eigenvalue weighted by Gasteiger charge is 2.27. The molecule has 0 aromatic rings. The van der Waals surface area contributed by atoms with Gasteiger partial charge >= 0.3 is 0 Å². The first kappa shape index (κ1) is 9.79. The Bertz CT molecular complexity index is 143. The minimum absolute atomic E-state index is 0.599. The molecule has 1 aliphatic rings. The topological polar surface area (TPSA) is 12.0 Å². The van der Waals surface area contributed by atoms with E-state index >= 15 is 0 Å². The van der Waals surface area contributed by atoms with E-state index in [1.54, 1.807) is 0 Å². The normalized spacial score (nSPS) is 22.2. The van der Waals surface area contributed by atoms with Crippen LogP contribution in [0.3, 0.4) is 0 Å². The highest BCUT2D eigenvalue weighted by Crippen LogP contribution is 2.36. The minimum atomic E-state index is 0.599. The lowest BCUT2D eigenvalue weighted by Gasteiger charge is -2.23. The molecule has 1 N–H and O–H groups in total. The Morgan fingerprint density at radius 1 is 1.33 bits per heavy atom. The first-order valence-electron chi connectivity index (χ1n) is 5.09. The zero-order valence-electron chi connectivity index (χ0n) is 8.40. The second-order valence-corrected chi connectivity index (χ2v) is 4.22. The summed E-state index contributed by atoms with van der Waals surface area (Å²) < 4.78 is 0. The molecule has 0 unspecified atom stereocenters. The number of hydrogen-bond acceptors (Lipinski definition) is 1. The molecular weight excluding hydrogens is 146 g/mol. The largest absolute Gasteiger partial charge is 0.313 e. The van der Waals surface area contributed by atoms with Crippen molar-refractivity contribution in [2.75, 3.05) is 13.1 Å². The van der Waals surface area contributed by atoms with Gasteiger partial charge in [0.1, 0.15) is 0 Å². The van der Waals surface area contributed by atoms with Crippen LogP contribution in [0.5, 0.6) is 0 Å². The summed E-state index contributed by atoms with van der Waals surface area (Å²) in [5.41, 5.74) is 0.599. The van der Waals surface area contributed by atoms with Crippen LogP contribution < -0.4 is 5.32 Å². The second-order valence-electron chi connectivity index (χ2n) is 4.22. The molecule has 1 saturated carbocycles. The molecule has 1 nitrogen and oxygen atoms in total. The Morgan fingerprint density at radius 2 is 2.00 bits per heavy atom. The fraction of sp³-hybridized carbons (Fsp3) is 0.818. The van der Waals surface area contributed by atoms with Crippen molar-refractivity contribution < 1.29 is 0 Å². The molecule has 0 atom stereocenters. The standard InChI is InChI=1S/C11H21N/c1-3-4-9-12-10-11(2)7-5-6-8-11/h3-4,12H,5-10H2,1-2H3/b4-3+. The van der Waals surface area contributed by atoms with Gasteiger partial charge in [-0.2, -0.15) is 0 Å². The van der Waals surface area contributed by atoms with Crippen LogP contribution in [0.4, 0.5) is 0 Å². The Hall–Kier alpha value is -0.300. The molecule has 1 rings (SSSR count). The van der Waals surface area contributed by atoms with Gasteiger partial charge in [0.15, 0.2) is 0 Å². The van der Waals surface area contributed by atoms with E-state index in [0.717, 1.165) is 6.54 Å². The number of allylic oxidation sites excluding steroid dienone is 1. The zero-order chi connectivity index (χ0) is 8.86. The predicted octanol–water partition coefficient (Wildman–Crippen LogP) is 2.73. The van der Waals surface area contributed by atoms with E-state index in [1.807, 2.05) is 0 Å². The monoisotopic (exact) mass is 167 g/mol. The maximum atomic E-state index is 3.48. The Balaban J connectivity index is 2.12. The Labute approximate surface area is 76.2 Å². The summed E-state index contributed by atoms with van der Waals surface area (Å²) in [6.07, 6.45) is 9.97. The number of hydrogen-bond donors (Lipinski definition) is 1. The van der Waals surface area contributed by atoms with Crippen molar-refractivity contribution in [2.24, 2.45) is 5.41 Å². The van der Waals surface area contributed by atoms with Crippen molar-refractivity contribution in [3.8, 4) is 0 Å². The van der Waals surface area contributed by atoms with Crippen molar-refractivity contribution in [1.82, 2.24) is 5.32 Å². The third-order valence-corrected chi connectivity index (χ3v) is 2.86. The van der Waals surface area contributed by atoms with E-state index in [-0.39, 0.29) is 0 Å². The lowest BCUT2D eigenvalue weighted by Crippen LogP contribution is -2.29. The van der Waals surface area contributed by atoms with Gasteiger partial charge in [-0.05, 0) is 25.2 Å². The molecular formula is C11H21N. The minimum Gasteiger partial charge on any atom is -0.313 e. The van der Waals surface area contributed by atoms with E-state index in [2.05, 4.69) is 31.3 Å². The van der Waals surface area contributed by atoms with Crippen LogP contribution in [0.25, 0.3) is 0 Å². The van der Waals surface area contributed by atoms with Crippen LogP contribution in [0, 0.1) is 5.41 Å². The van der Waals surface area contributed by atoms with Gasteiger partial charge in [-0.15, -0.1) is 0 Å². The van der Waals surface area contributed by atoms with Gasteiger partial charge in [0.05, 0.1) is 0 Å². The summed E-state index contributed by atoms with van der Waals surface area (Å²) in [6, 6.07) is 0. The van der Waals surface area contributed by atoms with Crippen LogP contribution in [0.2, 0.25) is 0 Å². The van der Waals surface area contributed by atoms with E-state index in [9.17, 15) is 0 Å². The van der Waals surface area contributed by atoms with Crippen molar-refractivity contribution in [3.63, 3.8) is 0 Å². The van der Waals surface area contributed by atoms with Gasteiger partial charge in [-0.25, -0.2) is 0 Å². The zero-order valence-corrected chi connectivity index (χ0v) is 8.40. The fourth-order valence-electron chi connectivity index (χ4n) is 1.98. The summed E-state index contributed by atoms with van der Waals surface area (Å²) >= 11 is 0. The molecule has 0 saturated heterocycles. The first-order valence-corrected chi connectivity index (χ1v) is 5.09. The van der Waals surface area contributed by atoms with Gasteiger partial charge in [-0.3, -0.25) is 0 Å². The number of nitrogens with one attached hydrogen (secondary N) is 1. The Kier molecular flexibility index (Phi) is 3.80. The smallest absolute Gasteiger partial charge is 0.0135 e. The predicted molar refractivity (Wildman–Crippen MR) is 54.3 cm³/mol. The molecule has 0 heterocycles. The summed E-state index contributed by atoms with van der Waals surface area (Å²) in [6.45, 7) is 6.70. The quantitative estimate of drug-likeness (QED) is 0.501. The highest BCUT2D eigenvalue weighted by atomic mass is 14.9. The van der Waals surface area contributed by atoms with Crippen LogP contribution in [0.1, 0.15) is 39.5 Å². The third kappa shape index (κ3) is 2.98. The summed E-state index contributed by atoms with van der Waals surface area (Å²) in [7, 11) is 0. The van der Waals surface area contributed by atoms with Crippen molar-refractivity contribution >= 4 is 0 Å². The van der Waals surface area contributed by atoms with Crippen LogP contribution in [-0.2, 0) is 0 Å². The molecule has 1 heteroatoms. The lowest BCUT2D eigenvalue weighted by molar-refractivity contribution is 0.321. The molecule has 0 aromatic carbocycles. The SMILES string of the molecule is C/C=C/CNCC1(C)CCCC1. The lowest BCUT2D eigenvalue weighted by atomic mass is 9.89. The molecule has 1 aliphatic carbocycles. The first-order chi connectivity index (χ1) is 5.77. The van der Waals surface area contributed by atoms with E-state index in [0.29, 0.717) is 5.41 Å². The molecule has 0 aliphatic heterocycles. The van der Waals surface area contributed by atoms with E-state index < -0.39 is 0 Å². The summed E-state index contributed by atoms with van der Waals surface area (Å²) in [5.74, 6) is 0. The highest BCUT2D eigenvalue weighted by molar-refractivity contribution is 4.85. The molecule has 70 valence electrons. The molecule has 0 bridgehead atoms. The van der Waals surface area contributed by atoms with Crippen LogP contribution in [-0.4, -0.2) is 13.1 Å². The molecule has 1 fully saturated rings. The van der Waals surface area contributed by atoms with Crippen LogP contribution in [0.15, 0.2) is 12.2 Å². The van der Waals surface area contributed by atoms with Gasteiger partial charge in [0.25, 0.3) is 0 Å². The van der Waals surface area contributed by atoms with Gasteiger partial charge in [0, 0.05) is 13.1 Å². The number of rotatable bonds is 4. The average molecular weight is 167 g/mol. The van der Waals surface area contributed by atoms with E-state index in [1.165, 1.54) is 32.2 Å². The van der Waals surface area contributed by atoms with Crippen LogP contribution >= 0.6 is 0 Å². The second kappa shape index (κ2) is 4.66. The van der Waals surface area contributed by atoms with E-state index in [4.69, 9.17) is 0 Å². The van der Waals surface area contributed by atoms with Gasteiger partial charge in [0.2, 0.25) is 0 Å². The Morgan fingerprint density at radius 3 is 2.58 bits per heavy atom.